The van der Waals surface area contributed by atoms with Gasteiger partial charge in [-0.2, -0.15) is 8.42 Å². The van der Waals surface area contributed by atoms with Crippen molar-refractivity contribution < 1.29 is 21.7 Å². The highest BCUT2D eigenvalue weighted by Crippen LogP contribution is 2.29. The average Bonchev–Trinajstić information content (AvgIpc) is 2.26. The Labute approximate surface area is 105 Å². The minimum Gasteiger partial charge on any atom is -0.398 e. The lowest BCUT2D eigenvalue weighted by molar-refractivity contribution is 0.484. The molecule has 0 radical (unpaired) electrons. The smallest absolute Gasteiger partial charge is 0.297 e. The number of hydrogen-bond donors (Lipinski definition) is 3. The fraction of sp³-hybridized carbons (Fsp3) is 0. The third-order valence-corrected chi connectivity index (χ3v) is 4.06. The molecule has 0 saturated carbocycles. The van der Waals surface area contributed by atoms with Crippen LogP contribution in [0.5, 0.6) is 0 Å². The summed E-state index contributed by atoms with van der Waals surface area (Å²) in [4.78, 5) is -0.260. The quantitative estimate of drug-likeness (QED) is 0.434. The number of nitrogen functional groups attached to an aromatic ring is 1. The molecule has 0 amide bonds. The molecule has 0 aliphatic heterocycles. The van der Waals surface area contributed by atoms with Gasteiger partial charge in [-0.3, -0.25) is 4.55 Å². The Morgan fingerprint density at radius 2 is 1.83 bits per heavy atom. The lowest BCUT2D eigenvalue weighted by Gasteiger charge is -2.07. The summed E-state index contributed by atoms with van der Waals surface area (Å²) in [5, 5.41) is 0.600. The van der Waals surface area contributed by atoms with Crippen LogP contribution >= 0.6 is 0 Å². The van der Waals surface area contributed by atoms with E-state index in [-0.39, 0.29) is 16.0 Å². The second-order valence-corrected chi connectivity index (χ2v) is 5.92. The van der Waals surface area contributed by atoms with E-state index in [0.29, 0.717) is 5.39 Å². The predicted molar refractivity (Wildman–Crippen MR) is 67.2 cm³/mol. The molecule has 8 heteroatoms. The Kier molecular flexibility index (Phi) is 3.11. The van der Waals surface area contributed by atoms with Crippen LogP contribution in [0.15, 0.2) is 40.1 Å². The van der Waals surface area contributed by atoms with Crippen LogP contribution in [0, 0.1) is 0 Å². The monoisotopic (exact) mass is 287 g/mol. The molecule has 6 nitrogen and oxygen atoms in total. The fourth-order valence-electron chi connectivity index (χ4n) is 1.69. The molecule has 2 rings (SSSR count). The summed E-state index contributed by atoms with van der Waals surface area (Å²) in [5.41, 5.74) is 5.44. The largest absolute Gasteiger partial charge is 0.398 e. The third-order valence-electron chi connectivity index (χ3n) is 2.43. The maximum Gasteiger partial charge on any atom is 0.297 e. The number of anilines is 1. The van der Waals surface area contributed by atoms with E-state index in [1.54, 1.807) is 0 Å². The number of rotatable bonds is 2. The van der Waals surface area contributed by atoms with Crippen molar-refractivity contribution in [2.75, 3.05) is 5.73 Å². The van der Waals surface area contributed by atoms with E-state index >= 15 is 0 Å². The highest BCUT2D eigenvalue weighted by molar-refractivity contribution is 7.86. The number of fused-ring (bicyclic) bond motifs is 1. The zero-order valence-electron chi connectivity index (χ0n) is 8.90. The topological polar surface area (TPSA) is 118 Å². The van der Waals surface area contributed by atoms with Gasteiger partial charge in [0.05, 0.1) is 10.6 Å². The van der Waals surface area contributed by atoms with E-state index < -0.39 is 26.1 Å². The van der Waals surface area contributed by atoms with E-state index in [1.807, 2.05) is 0 Å². The minimum atomic E-state index is -4.46. The van der Waals surface area contributed by atoms with Crippen molar-refractivity contribution in [3.63, 3.8) is 0 Å². The number of hydrogen-bond acceptors (Lipinski definition) is 4. The van der Waals surface area contributed by atoms with Crippen LogP contribution in [0.25, 0.3) is 10.8 Å². The van der Waals surface area contributed by atoms with E-state index in [1.165, 1.54) is 30.3 Å². The standard InChI is InChI=1S/C10H9NO5S2/c11-9-4-1-6-5-7(17(12)13)2-3-8(6)10(9)18(14,15)16/h1-5H,11H2,(H,12,13)(H,14,15,16). The van der Waals surface area contributed by atoms with Crippen molar-refractivity contribution >= 4 is 37.7 Å². The zero-order valence-corrected chi connectivity index (χ0v) is 10.5. The summed E-state index contributed by atoms with van der Waals surface area (Å²) in [6.45, 7) is 0. The molecular formula is C10H9NO5S2. The molecule has 96 valence electrons. The molecule has 18 heavy (non-hydrogen) atoms. The van der Waals surface area contributed by atoms with Gasteiger partial charge in [-0.1, -0.05) is 12.1 Å². The predicted octanol–water partition coefficient (Wildman–Crippen LogP) is 1.25. The summed E-state index contributed by atoms with van der Waals surface area (Å²) in [7, 11) is -4.46. The van der Waals surface area contributed by atoms with Crippen LogP contribution in [0.4, 0.5) is 5.69 Å². The van der Waals surface area contributed by atoms with Gasteiger partial charge in [0.15, 0.2) is 11.1 Å². The second kappa shape index (κ2) is 4.32. The molecule has 2 aromatic carbocycles. The highest BCUT2D eigenvalue weighted by atomic mass is 32.2. The number of nitrogens with two attached hydrogens (primary N) is 1. The van der Waals surface area contributed by atoms with E-state index in [0.717, 1.165) is 0 Å². The Morgan fingerprint density at radius 3 is 2.39 bits per heavy atom. The van der Waals surface area contributed by atoms with Crippen molar-refractivity contribution in [1.82, 2.24) is 0 Å². The molecule has 0 aliphatic rings. The van der Waals surface area contributed by atoms with E-state index in [4.69, 9.17) is 14.8 Å². The summed E-state index contributed by atoms with van der Waals surface area (Å²) >= 11 is -2.16. The first kappa shape index (κ1) is 13.0. The van der Waals surface area contributed by atoms with Gasteiger partial charge in [0, 0.05) is 5.39 Å². The van der Waals surface area contributed by atoms with Crippen molar-refractivity contribution in [2.24, 2.45) is 0 Å². The van der Waals surface area contributed by atoms with Gasteiger partial charge in [-0.15, -0.1) is 0 Å². The van der Waals surface area contributed by atoms with Gasteiger partial charge in [0.25, 0.3) is 10.1 Å². The van der Waals surface area contributed by atoms with Crippen LogP contribution in [-0.2, 0) is 21.2 Å². The molecule has 0 saturated heterocycles. The van der Waals surface area contributed by atoms with Crippen LogP contribution in [0.1, 0.15) is 0 Å². The molecule has 0 heterocycles. The van der Waals surface area contributed by atoms with Crippen LogP contribution in [0.3, 0.4) is 0 Å². The minimum absolute atomic E-state index is 0.0807. The van der Waals surface area contributed by atoms with Crippen LogP contribution < -0.4 is 5.73 Å². The molecule has 1 unspecified atom stereocenters. The maximum atomic E-state index is 11.3. The summed E-state index contributed by atoms with van der Waals surface area (Å²) in [6, 6.07) is 6.82. The first-order valence-electron chi connectivity index (χ1n) is 4.71. The molecule has 4 N–H and O–H groups in total. The van der Waals surface area contributed by atoms with Gasteiger partial charge < -0.3 is 10.3 Å². The lowest BCUT2D eigenvalue weighted by atomic mass is 10.1. The zero-order chi connectivity index (χ0) is 13.5. The van der Waals surface area contributed by atoms with Gasteiger partial charge in [-0.25, -0.2) is 4.21 Å². The van der Waals surface area contributed by atoms with Crippen molar-refractivity contribution in [3.8, 4) is 0 Å². The van der Waals surface area contributed by atoms with Gasteiger partial charge >= 0.3 is 0 Å². The Morgan fingerprint density at radius 1 is 1.17 bits per heavy atom. The molecular weight excluding hydrogens is 278 g/mol. The summed E-state index contributed by atoms with van der Waals surface area (Å²) < 4.78 is 51.5. The van der Waals surface area contributed by atoms with Gasteiger partial charge in [0.2, 0.25) is 0 Å². The Bertz CT molecular complexity index is 754. The Balaban J connectivity index is 2.88. The van der Waals surface area contributed by atoms with Crippen LogP contribution in [-0.4, -0.2) is 21.7 Å². The van der Waals surface area contributed by atoms with Gasteiger partial charge in [-0.05, 0) is 23.6 Å². The summed E-state index contributed by atoms with van der Waals surface area (Å²) in [6.07, 6.45) is 0. The molecule has 2 aromatic rings. The third kappa shape index (κ3) is 2.23. The second-order valence-electron chi connectivity index (χ2n) is 3.59. The van der Waals surface area contributed by atoms with Crippen molar-refractivity contribution in [3.05, 3.63) is 30.3 Å². The fourth-order valence-corrected chi connectivity index (χ4v) is 2.93. The van der Waals surface area contributed by atoms with Crippen molar-refractivity contribution in [1.29, 1.82) is 0 Å². The maximum absolute atomic E-state index is 11.3. The Hall–Kier alpha value is -1.48. The van der Waals surface area contributed by atoms with E-state index in [9.17, 15) is 12.6 Å². The average molecular weight is 287 g/mol. The molecule has 0 fully saturated rings. The first-order valence-corrected chi connectivity index (χ1v) is 7.26. The SMILES string of the molecule is Nc1ccc2cc(S(=O)O)ccc2c1S(=O)(=O)O. The molecule has 0 aromatic heterocycles. The lowest BCUT2D eigenvalue weighted by Crippen LogP contribution is -2.04. The number of benzene rings is 2. The molecule has 0 bridgehead atoms. The van der Waals surface area contributed by atoms with E-state index in [2.05, 4.69) is 0 Å². The molecule has 0 spiro atoms. The van der Waals surface area contributed by atoms with Gasteiger partial charge in [0.1, 0.15) is 4.90 Å². The molecule has 1 atom stereocenters. The summed E-state index contributed by atoms with van der Waals surface area (Å²) in [5.74, 6) is 0. The highest BCUT2D eigenvalue weighted by Gasteiger charge is 2.18. The first-order chi connectivity index (χ1) is 8.30. The molecule has 0 aliphatic carbocycles. The normalized spacial score (nSPS) is 13.7. The van der Waals surface area contributed by atoms with Crippen molar-refractivity contribution in [2.45, 2.75) is 9.79 Å². The van der Waals surface area contributed by atoms with Crippen LogP contribution in [0.2, 0.25) is 0 Å².